The van der Waals surface area contributed by atoms with E-state index in [0.717, 1.165) is 54.1 Å². The molecule has 1 aliphatic heterocycles. The summed E-state index contributed by atoms with van der Waals surface area (Å²) in [5.74, 6) is 1.48. The minimum absolute atomic E-state index is 0.128. The predicted molar refractivity (Wildman–Crippen MR) is 142 cm³/mol. The molecule has 4 aromatic rings. The summed E-state index contributed by atoms with van der Waals surface area (Å²) in [6, 6.07) is 13.9. The predicted octanol–water partition coefficient (Wildman–Crippen LogP) is 2.70. The minimum Gasteiger partial charge on any atom is -0.497 e. The number of anilines is 1. The van der Waals surface area contributed by atoms with E-state index in [-0.39, 0.29) is 5.56 Å². The SMILES string of the molecule is COCCn1nnnc1[C@H](c1cc2cc(C)c(C)cc2[nH]c1=O)N1CCN(c2cccc(OC)c2)CC1. The first-order chi connectivity index (χ1) is 18.0. The van der Waals surface area contributed by atoms with Gasteiger partial charge in [-0.05, 0) is 71.1 Å². The van der Waals surface area contributed by atoms with Gasteiger partial charge in [-0.3, -0.25) is 9.69 Å². The van der Waals surface area contributed by atoms with Crippen molar-refractivity contribution < 1.29 is 9.47 Å². The van der Waals surface area contributed by atoms with Crippen LogP contribution in [0.2, 0.25) is 0 Å². The summed E-state index contributed by atoms with van der Waals surface area (Å²) in [7, 11) is 3.33. The molecule has 1 N–H and O–H groups in total. The number of benzene rings is 2. The van der Waals surface area contributed by atoms with E-state index in [1.54, 1.807) is 18.9 Å². The number of hydrogen-bond acceptors (Lipinski definition) is 8. The fourth-order valence-electron chi connectivity index (χ4n) is 4.99. The molecule has 0 radical (unpaired) electrons. The summed E-state index contributed by atoms with van der Waals surface area (Å²) in [5.41, 5.74) is 4.78. The van der Waals surface area contributed by atoms with Gasteiger partial charge >= 0.3 is 0 Å². The van der Waals surface area contributed by atoms with E-state index in [4.69, 9.17) is 9.47 Å². The summed E-state index contributed by atoms with van der Waals surface area (Å²) < 4.78 is 12.4. The second kappa shape index (κ2) is 10.7. The third-order valence-electron chi connectivity index (χ3n) is 7.19. The van der Waals surface area contributed by atoms with E-state index in [9.17, 15) is 4.79 Å². The normalized spacial score (nSPS) is 15.3. The Balaban J connectivity index is 1.51. The number of methoxy groups -OCH3 is 2. The number of tetrazole rings is 1. The number of ether oxygens (including phenoxy) is 2. The lowest BCUT2D eigenvalue weighted by Gasteiger charge is -2.39. The van der Waals surface area contributed by atoms with Gasteiger partial charge in [0, 0.05) is 56.1 Å². The van der Waals surface area contributed by atoms with Crippen LogP contribution in [0.25, 0.3) is 10.9 Å². The van der Waals surface area contributed by atoms with Gasteiger partial charge in [0.25, 0.3) is 5.56 Å². The maximum Gasteiger partial charge on any atom is 0.253 e. The fraction of sp³-hybridized carbons (Fsp3) is 0.407. The Hall–Kier alpha value is -3.76. The number of aromatic amines is 1. The van der Waals surface area contributed by atoms with Crippen molar-refractivity contribution in [3.8, 4) is 5.75 Å². The van der Waals surface area contributed by atoms with Crippen molar-refractivity contribution >= 4 is 16.6 Å². The molecule has 2 aromatic carbocycles. The van der Waals surface area contributed by atoms with Crippen LogP contribution in [0, 0.1) is 13.8 Å². The highest BCUT2D eigenvalue weighted by molar-refractivity contribution is 5.81. The Kier molecular flexibility index (Phi) is 7.20. The molecule has 2 aromatic heterocycles. The number of fused-ring (bicyclic) bond motifs is 1. The summed E-state index contributed by atoms with van der Waals surface area (Å²) in [6.07, 6.45) is 0. The fourth-order valence-corrected chi connectivity index (χ4v) is 4.99. The van der Waals surface area contributed by atoms with Crippen LogP contribution in [0.3, 0.4) is 0 Å². The average molecular weight is 504 g/mol. The molecule has 37 heavy (non-hydrogen) atoms. The number of rotatable bonds is 8. The Morgan fingerprint density at radius 2 is 1.81 bits per heavy atom. The van der Waals surface area contributed by atoms with Gasteiger partial charge in [0.05, 0.1) is 20.3 Å². The number of H-pyrrole nitrogens is 1. The first-order valence-corrected chi connectivity index (χ1v) is 12.5. The highest BCUT2D eigenvalue weighted by Gasteiger charge is 2.32. The van der Waals surface area contributed by atoms with Crippen molar-refractivity contribution in [2.45, 2.75) is 26.4 Å². The van der Waals surface area contributed by atoms with Crippen LogP contribution in [0.4, 0.5) is 5.69 Å². The lowest BCUT2D eigenvalue weighted by atomic mass is 10.00. The summed E-state index contributed by atoms with van der Waals surface area (Å²) in [4.78, 5) is 21.2. The van der Waals surface area contributed by atoms with Crippen LogP contribution in [-0.2, 0) is 11.3 Å². The van der Waals surface area contributed by atoms with Crippen molar-refractivity contribution in [2.75, 3.05) is 51.9 Å². The van der Waals surface area contributed by atoms with Crippen LogP contribution in [-0.4, -0.2) is 77.1 Å². The van der Waals surface area contributed by atoms with Gasteiger partial charge < -0.3 is 19.4 Å². The second-order valence-corrected chi connectivity index (χ2v) is 9.46. The van der Waals surface area contributed by atoms with Gasteiger partial charge in [0.2, 0.25) is 0 Å². The maximum absolute atomic E-state index is 13.5. The van der Waals surface area contributed by atoms with Crippen LogP contribution in [0.15, 0.2) is 47.3 Å². The van der Waals surface area contributed by atoms with Crippen LogP contribution in [0.5, 0.6) is 5.75 Å². The molecule has 10 nitrogen and oxygen atoms in total. The maximum atomic E-state index is 13.5. The van der Waals surface area contributed by atoms with Crippen molar-refractivity contribution in [1.82, 2.24) is 30.1 Å². The number of nitrogens with one attached hydrogen (secondary N) is 1. The van der Waals surface area contributed by atoms with Crippen molar-refractivity contribution in [3.05, 3.63) is 75.3 Å². The Morgan fingerprint density at radius 1 is 1.03 bits per heavy atom. The molecule has 3 heterocycles. The van der Waals surface area contributed by atoms with E-state index >= 15 is 0 Å². The lowest BCUT2D eigenvalue weighted by Crippen LogP contribution is -2.49. The summed E-state index contributed by atoms with van der Waals surface area (Å²) in [5, 5.41) is 13.6. The van der Waals surface area contributed by atoms with Crippen LogP contribution in [0.1, 0.15) is 28.6 Å². The molecule has 0 spiro atoms. The number of nitrogens with zero attached hydrogens (tertiary/aromatic N) is 6. The smallest absolute Gasteiger partial charge is 0.253 e. The first kappa shape index (κ1) is 24.9. The van der Waals surface area contributed by atoms with Gasteiger partial charge in [-0.1, -0.05) is 6.07 Å². The van der Waals surface area contributed by atoms with Crippen molar-refractivity contribution in [2.24, 2.45) is 0 Å². The van der Waals surface area contributed by atoms with Crippen molar-refractivity contribution in [3.63, 3.8) is 0 Å². The molecule has 0 saturated carbocycles. The largest absolute Gasteiger partial charge is 0.497 e. The zero-order valence-corrected chi connectivity index (χ0v) is 21.8. The van der Waals surface area contributed by atoms with Crippen LogP contribution < -0.4 is 15.2 Å². The molecule has 5 rings (SSSR count). The van der Waals surface area contributed by atoms with E-state index < -0.39 is 6.04 Å². The van der Waals surface area contributed by atoms with Crippen LogP contribution >= 0.6 is 0 Å². The first-order valence-electron chi connectivity index (χ1n) is 12.5. The quantitative estimate of drug-likeness (QED) is 0.392. The van der Waals surface area contributed by atoms with E-state index in [2.05, 4.69) is 62.4 Å². The second-order valence-electron chi connectivity index (χ2n) is 9.46. The van der Waals surface area contributed by atoms with Gasteiger partial charge in [-0.15, -0.1) is 5.10 Å². The molecule has 0 amide bonds. The van der Waals surface area contributed by atoms with Gasteiger partial charge in [-0.25, -0.2) is 4.68 Å². The summed E-state index contributed by atoms with van der Waals surface area (Å²) >= 11 is 0. The Bertz CT molecular complexity index is 1440. The molecule has 1 atom stereocenters. The minimum atomic E-state index is -0.394. The highest BCUT2D eigenvalue weighted by Crippen LogP contribution is 2.30. The molecule has 10 heteroatoms. The monoisotopic (exact) mass is 503 g/mol. The highest BCUT2D eigenvalue weighted by atomic mass is 16.5. The number of hydrogen-bond donors (Lipinski definition) is 1. The number of aromatic nitrogens is 5. The molecular weight excluding hydrogens is 470 g/mol. The Morgan fingerprint density at radius 3 is 2.57 bits per heavy atom. The van der Waals surface area contributed by atoms with Gasteiger partial charge in [0.15, 0.2) is 5.82 Å². The molecular formula is C27H33N7O3. The number of piperazine rings is 1. The van der Waals surface area contributed by atoms with E-state index in [1.165, 1.54) is 5.56 Å². The molecule has 1 aliphatic rings. The topological polar surface area (TPSA) is 101 Å². The van der Waals surface area contributed by atoms with E-state index in [0.29, 0.717) is 24.5 Å². The van der Waals surface area contributed by atoms with Gasteiger partial charge in [-0.2, -0.15) is 0 Å². The molecule has 0 unspecified atom stereocenters. The molecule has 0 bridgehead atoms. The third-order valence-corrected chi connectivity index (χ3v) is 7.19. The zero-order valence-electron chi connectivity index (χ0n) is 21.8. The molecule has 1 saturated heterocycles. The number of pyridine rings is 1. The Labute approximate surface area is 215 Å². The standard InChI is InChI=1S/C27H33N7O3/c1-18-14-20-16-23(27(35)28-24(20)15-19(18)2)25(26-29-30-31-34(26)12-13-36-3)33-10-8-32(9-11-33)21-6-5-7-22(17-21)37-4/h5-7,14-17,25H,8-13H2,1-4H3,(H,28,35)/t25-/m0/s1. The van der Waals surface area contributed by atoms with E-state index in [1.807, 2.05) is 24.3 Å². The molecule has 0 aliphatic carbocycles. The lowest BCUT2D eigenvalue weighted by molar-refractivity contribution is 0.171. The zero-order chi connectivity index (χ0) is 25.9. The molecule has 194 valence electrons. The van der Waals surface area contributed by atoms with Crippen molar-refractivity contribution in [1.29, 1.82) is 0 Å². The van der Waals surface area contributed by atoms with Gasteiger partial charge in [0.1, 0.15) is 11.8 Å². The number of aryl methyl sites for hydroxylation is 2. The average Bonchev–Trinajstić information content (AvgIpc) is 3.37. The third kappa shape index (κ3) is 5.07. The summed E-state index contributed by atoms with van der Waals surface area (Å²) in [6.45, 7) is 8.19. The molecule has 1 fully saturated rings.